The maximum Gasteiger partial charge on any atom is 0.420 e. The van der Waals surface area contributed by atoms with E-state index >= 15 is 0 Å². The third-order valence-electron chi connectivity index (χ3n) is 6.91. The monoisotopic (exact) mass is 567 g/mol. The highest BCUT2D eigenvalue weighted by Gasteiger charge is 2.36. The summed E-state index contributed by atoms with van der Waals surface area (Å²) < 4.78 is 72.5. The van der Waals surface area contributed by atoms with Crippen molar-refractivity contribution in [1.82, 2.24) is 4.90 Å². The van der Waals surface area contributed by atoms with Crippen molar-refractivity contribution in [1.29, 1.82) is 5.26 Å². The normalized spacial score (nSPS) is 16.5. The van der Waals surface area contributed by atoms with Crippen molar-refractivity contribution in [2.45, 2.75) is 6.18 Å². The predicted octanol–water partition coefficient (Wildman–Crippen LogP) is 5.74. The van der Waals surface area contributed by atoms with Gasteiger partial charge in [0.15, 0.2) is 11.5 Å². The predicted molar refractivity (Wildman–Crippen MR) is 143 cm³/mol. The number of anilines is 1. The van der Waals surface area contributed by atoms with Gasteiger partial charge in [-0.05, 0) is 48.5 Å². The van der Waals surface area contributed by atoms with Crippen molar-refractivity contribution in [3.05, 3.63) is 82.7 Å². The number of alkyl halides is 3. The molecule has 5 rings (SSSR count). The average Bonchev–Trinajstić information content (AvgIpc) is 3.22. The van der Waals surface area contributed by atoms with Gasteiger partial charge in [0, 0.05) is 37.3 Å². The van der Waals surface area contributed by atoms with E-state index in [-0.39, 0.29) is 34.1 Å². The summed E-state index contributed by atoms with van der Waals surface area (Å²) in [7, 11) is 1.33. The van der Waals surface area contributed by atoms with Gasteiger partial charge in [0.1, 0.15) is 11.6 Å². The van der Waals surface area contributed by atoms with Gasteiger partial charge in [-0.15, -0.1) is 0 Å². The van der Waals surface area contributed by atoms with Crippen molar-refractivity contribution in [3.8, 4) is 23.3 Å². The molecule has 0 radical (unpaired) electrons. The number of morpholine rings is 1. The van der Waals surface area contributed by atoms with E-state index in [9.17, 15) is 22.4 Å². The summed E-state index contributed by atoms with van der Waals surface area (Å²) in [6.07, 6.45) is -3.34. The van der Waals surface area contributed by atoms with E-state index in [1.165, 1.54) is 43.5 Å². The Kier molecular flexibility index (Phi) is 7.97. The number of methoxy groups -OCH3 is 1. The SMILES string of the molecule is COc1cccc(C=C2C(=O)N(CCN3CCOCC3)c3ccc(F)cc32)c1Oc1ccc(C#N)cc1C(F)(F)F. The first-order chi connectivity index (χ1) is 19.7. The molecule has 0 saturated carbocycles. The van der Waals surface area contributed by atoms with Crippen LogP contribution in [0.4, 0.5) is 23.2 Å². The number of hydrogen-bond donors (Lipinski definition) is 0. The number of fused-ring (bicyclic) bond motifs is 1. The number of hydrogen-bond acceptors (Lipinski definition) is 6. The van der Waals surface area contributed by atoms with E-state index in [1.807, 2.05) is 0 Å². The molecule has 2 aliphatic heterocycles. The zero-order chi connectivity index (χ0) is 29.1. The minimum absolute atomic E-state index is 0.0739. The standard InChI is InChI=1S/C30H25F4N3O4/c1-39-27-4-2-3-20(28(27)41-26-8-5-19(18-35)15-24(26)30(32,33)34)16-23-22-17-21(31)6-7-25(22)37(29(23)38)10-9-36-11-13-40-14-12-36/h2-8,15-17H,9-14H2,1H3. The number of carbonyl (C=O) groups excluding carboxylic acids is 1. The van der Waals surface area contributed by atoms with Crippen molar-refractivity contribution in [2.24, 2.45) is 0 Å². The molecule has 0 atom stereocenters. The third-order valence-corrected chi connectivity index (χ3v) is 6.91. The lowest BCUT2D eigenvalue weighted by atomic mass is 10.0. The van der Waals surface area contributed by atoms with Gasteiger partial charge in [-0.2, -0.15) is 18.4 Å². The van der Waals surface area contributed by atoms with Gasteiger partial charge in [-0.3, -0.25) is 9.69 Å². The van der Waals surface area contributed by atoms with Gasteiger partial charge in [0.25, 0.3) is 5.91 Å². The van der Waals surface area contributed by atoms with E-state index in [1.54, 1.807) is 23.1 Å². The smallest absolute Gasteiger partial charge is 0.420 e. The molecule has 0 spiro atoms. The average molecular weight is 568 g/mol. The van der Waals surface area contributed by atoms with Gasteiger partial charge in [0.05, 0.1) is 48.8 Å². The fourth-order valence-corrected chi connectivity index (χ4v) is 4.85. The number of ether oxygens (including phenoxy) is 3. The Morgan fingerprint density at radius 3 is 2.54 bits per heavy atom. The Labute approximate surface area is 233 Å². The summed E-state index contributed by atoms with van der Waals surface area (Å²) >= 11 is 0. The molecule has 1 saturated heterocycles. The second kappa shape index (κ2) is 11.6. The number of nitriles is 1. The Morgan fingerprint density at radius 2 is 1.83 bits per heavy atom. The van der Waals surface area contributed by atoms with Gasteiger partial charge in [0.2, 0.25) is 0 Å². The Balaban J connectivity index is 1.55. The first kappa shape index (κ1) is 28.1. The van der Waals surface area contributed by atoms with E-state index in [4.69, 9.17) is 19.5 Å². The summed E-state index contributed by atoms with van der Waals surface area (Å²) in [4.78, 5) is 17.4. The van der Waals surface area contributed by atoms with Crippen LogP contribution < -0.4 is 14.4 Å². The van der Waals surface area contributed by atoms with Crippen LogP contribution in [-0.4, -0.2) is 57.3 Å². The molecule has 1 amide bonds. The molecule has 2 heterocycles. The highest BCUT2D eigenvalue weighted by atomic mass is 19.4. The maximum absolute atomic E-state index is 14.4. The molecule has 11 heteroatoms. The summed E-state index contributed by atoms with van der Waals surface area (Å²) in [5.74, 6) is -1.41. The number of benzene rings is 3. The number of halogens is 4. The number of nitrogens with zero attached hydrogens (tertiary/aromatic N) is 3. The molecule has 0 bridgehead atoms. The number of amides is 1. The fraction of sp³-hybridized carbons (Fsp3) is 0.267. The van der Waals surface area contributed by atoms with Crippen LogP contribution in [0.2, 0.25) is 0 Å². The summed E-state index contributed by atoms with van der Waals surface area (Å²) in [5.41, 5.74) is -0.0159. The van der Waals surface area contributed by atoms with Gasteiger partial charge in [-0.25, -0.2) is 4.39 Å². The van der Waals surface area contributed by atoms with Crippen molar-refractivity contribution in [2.75, 3.05) is 51.4 Å². The van der Waals surface area contributed by atoms with E-state index in [0.717, 1.165) is 19.2 Å². The molecule has 7 nitrogen and oxygen atoms in total. The van der Waals surface area contributed by atoms with Crippen LogP contribution in [-0.2, 0) is 15.7 Å². The van der Waals surface area contributed by atoms with Gasteiger partial charge in [-0.1, -0.05) is 12.1 Å². The minimum atomic E-state index is -4.80. The van der Waals surface area contributed by atoms with Crippen LogP contribution in [0, 0.1) is 17.1 Å². The summed E-state index contributed by atoms with van der Waals surface area (Å²) in [6, 6.07) is 13.4. The van der Waals surface area contributed by atoms with Gasteiger partial charge >= 0.3 is 6.18 Å². The molecule has 2 aliphatic rings. The molecule has 0 aliphatic carbocycles. The topological polar surface area (TPSA) is 75.0 Å². The van der Waals surface area contributed by atoms with Crippen LogP contribution in [0.25, 0.3) is 11.6 Å². The second-order valence-electron chi connectivity index (χ2n) is 9.43. The quantitative estimate of drug-likeness (QED) is 0.268. The highest BCUT2D eigenvalue weighted by Crippen LogP contribution is 2.44. The number of para-hydroxylation sites is 1. The first-order valence-corrected chi connectivity index (χ1v) is 12.8. The molecule has 1 fully saturated rings. The molecular weight excluding hydrogens is 542 g/mol. The summed E-state index contributed by atoms with van der Waals surface area (Å²) in [6.45, 7) is 3.63. The lowest BCUT2D eigenvalue weighted by Crippen LogP contribution is -2.42. The summed E-state index contributed by atoms with van der Waals surface area (Å²) in [5, 5.41) is 9.10. The Morgan fingerprint density at radius 1 is 1.05 bits per heavy atom. The minimum Gasteiger partial charge on any atom is -0.493 e. The van der Waals surface area contributed by atoms with Crippen LogP contribution in [0.15, 0.2) is 54.6 Å². The molecular formula is C30H25F4N3O4. The van der Waals surface area contributed by atoms with Crippen LogP contribution in [0.3, 0.4) is 0 Å². The van der Waals surface area contributed by atoms with Crippen LogP contribution >= 0.6 is 0 Å². The van der Waals surface area contributed by atoms with E-state index in [0.29, 0.717) is 43.6 Å². The molecule has 0 unspecified atom stereocenters. The fourth-order valence-electron chi connectivity index (χ4n) is 4.85. The Hall–Kier alpha value is -4.40. The molecule has 0 N–H and O–H groups in total. The van der Waals surface area contributed by atoms with E-state index in [2.05, 4.69) is 4.90 Å². The second-order valence-corrected chi connectivity index (χ2v) is 9.43. The first-order valence-electron chi connectivity index (χ1n) is 12.8. The molecule has 3 aromatic rings. The molecule has 41 heavy (non-hydrogen) atoms. The lowest BCUT2D eigenvalue weighted by Gasteiger charge is -2.28. The molecule has 212 valence electrons. The van der Waals surface area contributed by atoms with Crippen molar-refractivity contribution >= 4 is 23.2 Å². The third kappa shape index (κ3) is 5.89. The number of rotatable bonds is 7. The van der Waals surface area contributed by atoms with Crippen molar-refractivity contribution < 1.29 is 36.6 Å². The van der Waals surface area contributed by atoms with Crippen molar-refractivity contribution in [3.63, 3.8) is 0 Å². The highest BCUT2D eigenvalue weighted by molar-refractivity contribution is 6.36. The number of carbonyl (C=O) groups is 1. The van der Waals surface area contributed by atoms with Gasteiger partial charge < -0.3 is 19.1 Å². The van der Waals surface area contributed by atoms with E-state index < -0.39 is 23.3 Å². The molecule has 3 aromatic carbocycles. The van der Waals surface area contributed by atoms with Crippen LogP contribution in [0.1, 0.15) is 22.3 Å². The lowest BCUT2D eigenvalue weighted by molar-refractivity contribution is -0.138. The maximum atomic E-state index is 14.4. The largest absolute Gasteiger partial charge is 0.493 e. The zero-order valence-electron chi connectivity index (χ0n) is 22.0. The Bertz CT molecular complexity index is 1540. The van der Waals surface area contributed by atoms with Crippen LogP contribution in [0.5, 0.6) is 17.2 Å². The molecule has 0 aromatic heterocycles. The zero-order valence-corrected chi connectivity index (χ0v) is 22.0.